The Hall–Kier alpha value is -2.60. The summed E-state index contributed by atoms with van der Waals surface area (Å²) >= 11 is 1.40. The van der Waals surface area contributed by atoms with Crippen molar-refractivity contribution in [1.29, 1.82) is 0 Å². The Kier molecular flexibility index (Phi) is 3.38. The van der Waals surface area contributed by atoms with Gasteiger partial charge < -0.3 is 4.98 Å². The van der Waals surface area contributed by atoms with E-state index in [2.05, 4.69) is 15.1 Å². The Bertz CT molecular complexity index is 870. The number of benzene rings is 2. The molecule has 0 saturated heterocycles. The van der Waals surface area contributed by atoms with Gasteiger partial charge in [0.25, 0.3) is 5.91 Å². The van der Waals surface area contributed by atoms with Crippen molar-refractivity contribution in [2.45, 2.75) is 17.3 Å². The van der Waals surface area contributed by atoms with E-state index in [9.17, 15) is 4.79 Å². The van der Waals surface area contributed by atoms with Gasteiger partial charge in [0.15, 0.2) is 5.16 Å². The van der Waals surface area contributed by atoms with Crippen LogP contribution < -0.4 is 5.01 Å². The first-order valence-electron chi connectivity index (χ1n) is 7.28. The van der Waals surface area contributed by atoms with Crippen molar-refractivity contribution in [3.05, 3.63) is 54.6 Å². The number of nitrogens with zero attached hydrogens (tertiary/aromatic N) is 3. The monoisotopic (exact) mass is 322 g/mol. The molecule has 0 radical (unpaired) electrons. The number of thioether (sulfide) groups is 1. The molecule has 0 aliphatic carbocycles. The summed E-state index contributed by atoms with van der Waals surface area (Å²) in [5.74, 6) is -0.0424. The summed E-state index contributed by atoms with van der Waals surface area (Å²) in [6.07, 6.45) is 0. The number of carbonyl (C=O) groups is 1. The maximum absolute atomic E-state index is 12.7. The van der Waals surface area contributed by atoms with Gasteiger partial charge in [-0.1, -0.05) is 42.1 Å². The Morgan fingerprint density at radius 3 is 2.61 bits per heavy atom. The molecule has 1 aliphatic heterocycles. The van der Waals surface area contributed by atoms with Crippen LogP contribution in [0.4, 0.5) is 5.69 Å². The van der Waals surface area contributed by atoms with E-state index < -0.39 is 0 Å². The van der Waals surface area contributed by atoms with E-state index in [1.54, 1.807) is 0 Å². The maximum Gasteiger partial charge on any atom is 0.266 e. The topological polar surface area (TPSA) is 61.4 Å². The van der Waals surface area contributed by atoms with Crippen molar-refractivity contribution < 1.29 is 4.79 Å². The van der Waals surface area contributed by atoms with Gasteiger partial charge in [0, 0.05) is 0 Å². The fourth-order valence-electron chi connectivity index (χ4n) is 2.54. The van der Waals surface area contributed by atoms with Crippen LogP contribution in [-0.4, -0.2) is 26.8 Å². The fraction of sp³-hybridized carbons (Fsp3) is 0.118. The summed E-state index contributed by atoms with van der Waals surface area (Å²) in [5.41, 5.74) is 3.43. The van der Waals surface area contributed by atoms with Gasteiger partial charge in [0.05, 0.1) is 22.4 Å². The Morgan fingerprint density at radius 1 is 1.09 bits per heavy atom. The van der Waals surface area contributed by atoms with Crippen molar-refractivity contribution >= 4 is 40.1 Å². The van der Waals surface area contributed by atoms with Crippen LogP contribution in [0.25, 0.3) is 11.0 Å². The highest BCUT2D eigenvalue weighted by Crippen LogP contribution is 2.31. The van der Waals surface area contributed by atoms with Crippen LogP contribution in [0.2, 0.25) is 0 Å². The van der Waals surface area contributed by atoms with Gasteiger partial charge in [-0.3, -0.25) is 4.79 Å². The fourth-order valence-corrected chi connectivity index (χ4v) is 3.50. The average molecular weight is 322 g/mol. The molecule has 0 fully saturated rings. The smallest absolute Gasteiger partial charge is 0.266 e. The van der Waals surface area contributed by atoms with Crippen LogP contribution in [0.15, 0.2) is 64.9 Å². The number of amides is 1. The summed E-state index contributed by atoms with van der Waals surface area (Å²) in [5, 5.41) is 6.26. The number of hydrazone groups is 1. The Morgan fingerprint density at radius 2 is 1.83 bits per heavy atom. The van der Waals surface area contributed by atoms with E-state index >= 15 is 0 Å². The minimum Gasteiger partial charge on any atom is -0.333 e. The molecule has 1 N–H and O–H groups in total. The van der Waals surface area contributed by atoms with Crippen molar-refractivity contribution in [3.63, 3.8) is 0 Å². The minimum atomic E-state index is -0.351. The molecule has 0 saturated carbocycles. The number of hydrogen-bond donors (Lipinski definition) is 1. The van der Waals surface area contributed by atoms with Gasteiger partial charge in [-0.25, -0.2) is 4.98 Å². The lowest BCUT2D eigenvalue weighted by Crippen LogP contribution is -2.29. The van der Waals surface area contributed by atoms with Crippen LogP contribution >= 0.6 is 11.8 Å². The number of nitrogens with one attached hydrogen (secondary N) is 1. The van der Waals surface area contributed by atoms with Crippen molar-refractivity contribution in [2.75, 3.05) is 5.01 Å². The first-order valence-corrected chi connectivity index (χ1v) is 8.16. The predicted octanol–water partition coefficient (Wildman–Crippen LogP) is 3.45. The third-order valence-electron chi connectivity index (χ3n) is 3.67. The molecule has 0 unspecified atom stereocenters. The molecule has 1 aromatic heterocycles. The second-order valence-corrected chi connectivity index (χ2v) is 6.38. The number of fused-ring (bicyclic) bond motifs is 1. The van der Waals surface area contributed by atoms with Crippen LogP contribution in [0.5, 0.6) is 0 Å². The van der Waals surface area contributed by atoms with Gasteiger partial charge in [0.2, 0.25) is 0 Å². The van der Waals surface area contributed by atoms with Crippen molar-refractivity contribution in [2.24, 2.45) is 5.10 Å². The molecule has 5 nitrogen and oxygen atoms in total. The molecule has 4 rings (SSSR count). The van der Waals surface area contributed by atoms with E-state index in [1.165, 1.54) is 16.8 Å². The number of aromatic amines is 1. The molecule has 0 bridgehead atoms. The van der Waals surface area contributed by atoms with Gasteiger partial charge in [0.1, 0.15) is 5.25 Å². The molecule has 1 amide bonds. The van der Waals surface area contributed by atoms with Gasteiger partial charge >= 0.3 is 0 Å². The van der Waals surface area contributed by atoms with E-state index in [1.807, 2.05) is 61.5 Å². The predicted molar refractivity (Wildman–Crippen MR) is 92.8 cm³/mol. The quantitative estimate of drug-likeness (QED) is 0.803. The number of imidazole rings is 1. The molecule has 1 aliphatic rings. The van der Waals surface area contributed by atoms with Crippen molar-refractivity contribution in [3.8, 4) is 0 Å². The first-order chi connectivity index (χ1) is 11.2. The number of rotatable bonds is 3. The molecule has 0 spiro atoms. The zero-order chi connectivity index (χ0) is 15.8. The van der Waals surface area contributed by atoms with Gasteiger partial charge in [-0.2, -0.15) is 10.1 Å². The number of para-hydroxylation sites is 3. The number of aromatic nitrogens is 2. The number of carbonyl (C=O) groups excluding carboxylic acids is 1. The normalized spacial score (nSPS) is 17.8. The Balaban J connectivity index is 1.60. The standard InChI is InChI=1S/C17H14N4OS/c1-11-15(16(22)21(20-11)12-7-3-2-4-8-12)23-17-18-13-9-5-6-10-14(13)19-17/h2-10,15H,1H3,(H,18,19)/t15-/m0/s1. The number of hydrogen-bond acceptors (Lipinski definition) is 4. The van der Waals surface area contributed by atoms with E-state index in [0.29, 0.717) is 0 Å². The summed E-state index contributed by atoms with van der Waals surface area (Å²) in [6.45, 7) is 1.88. The highest BCUT2D eigenvalue weighted by atomic mass is 32.2. The molecule has 1 atom stereocenters. The molecule has 3 aromatic rings. The lowest BCUT2D eigenvalue weighted by Gasteiger charge is -2.13. The van der Waals surface area contributed by atoms with Gasteiger partial charge in [-0.15, -0.1) is 0 Å². The second kappa shape index (κ2) is 5.55. The highest BCUT2D eigenvalue weighted by molar-refractivity contribution is 8.01. The lowest BCUT2D eigenvalue weighted by molar-refractivity contribution is -0.116. The molecular weight excluding hydrogens is 308 g/mol. The minimum absolute atomic E-state index is 0.0424. The SMILES string of the molecule is CC1=NN(c2ccccc2)C(=O)[C@H]1Sc1nc2ccccc2[nH]1. The molecule has 2 aromatic carbocycles. The van der Waals surface area contributed by atoms with E-state index in [-0.39, 0.29) is 11.2 Å². The first kappa shape index (κ1) is 14.0. The summed E-state index contributed by atoms with van der Waals surface area (Å²) in [7, 11) is 0. The third-order valence-corrected chi connectivity index (χ3v) is 4.86. The molecular formula is C17H14N4OS. The number of H-pyrrole nitrogens is 1. The zero-order valence-electron chi connectivity index (χ0n) is 12.4. The van der Waals surface area contributed by atoms with Crippen LogP contribution in [0.1, 0.15) is 6.92 Å². The molecule has 23 heavy (non-hydrogen) atoms. The summed E-state index contributed by atoms with van der Waals surface area (Å²) in [4.78, 5) is 20.5. The van der Waals surface area contributed by atoms with Gasteiger partial charge in [-0.05, 0) is 31.2 Å². The second-order valence-electron chi connectivity index (χ2n) is 5.28. The van der Waals surface area contributed by atoms with E-state index in [0.717, 1.165) is 27.6 Å². The number of anilines is 1. The highest BCUT2D eigenvalue weighted by Gasteiger charge is 2.35. The lowest BCUT2D eigenvalue weighted by atomic mass is 10.3. The third kappa shape index (κ3) is 2.51. The van der Waals surface area contributed by atoms with E-state index in [4.69, 9.17) is 0 Å². The largest absolute Gasteiger partial charge is 0.333 e. The molecule has 114 valence electrons. The van der Waals surface area contributed by atoms with Crippen molar-refractivity contribution in [1.82, 2.24) is 9.97 Å². The molecule has 6 heteroatoms. The summed E-state index contributed by atoms with van der Waals surface area (Å²) in [6, 6.07) is 17.3. The van der Waals surface area contributed by atoms with Crippen LogP contribution in [0, 0.1) is 0 Å². The zero-order valence-corrected chi connectivity index (χ0v) is 13.2. The molecule has 2 heterocycles. The van der Waals surface area contributed by atoms with Crippen LogP contribution in [-0.2, 0) is 4.79 Å². The van der Waals surface area contributed by atoms with Crippen LogP contribution in [0.3, 0.4) is 0 Å². The Labute approximate surface area is 137 Å². The summed E-state index contributed by atoms with van der Waals surface area (Å²) < 4.78 is 0. The average Bonchev–Trinajstić information content (AvgIpc) is 3.11. The maximum atomic E-state index is 12.7.